The second kappa shape index (κ2) is 7.28. The van der Waals surface area contributed by atoms with Crippen LogP contribution in [0.25, 0.3) is 33.0 Å². The zero-order chi connectivity index (χ0) is 19.6. The smallest absolute Gasteiger partial charge is 0.313 e. The molecule has 0 spiro atoms. The van der Waals surface area contributed by atoms with Crippen LogP contribution in [0, 0.1) is 0 Å². The molecule has 5 heteroatoms. The third-order valence-electron chi connectivity index (χ3n) is 4.88. The average Bonchev–Trinajstić information content (AvgIpc) is 3.40. The monoisotopic (exact) mass is 382 g/mol. The highest BCUT2D eigenvalue weighted by molar-refractivity contribution is 6.06. The molecule has 2 heterocycles. The van der Waals surface area contributed by atoms with E-state index in [0.717, 1.165) is 38.7 Å². The van der Waals surface area contributed by atoms with Gasteiger partial charge in [0.2, 0.25) is 0 Å². The minimum atomic E-state index is -0.343. The number of benzene rings is 3. The molecule has 0 atom stereocenters. The van der Waals surface area contributed by atoms with Crippen LogP contribution in [0.1, 0.15) is 11.5 Å². The molecule has 3 aromatic carbocycles. The number of esters is 1. The Morgan fingerprint density at radius 3 is 2.66 bits per heavy atom. The molecular formula is C24H18N2O3. The highest BCUT2D eigenvalue weighted by Gasteiger charge is 2.13. The SMILES string of the molecule is O=C(Cc1cc2c(ccc3ccccc32)o1)OCc1cc(-c2ccccc2)n[nH]1. The first-order valence-corrected chi connectivity index (χ1v) is 9.42. The maximum atomic E-state index is 12.3. The van der Waals surface area contributed by atoms with Crippen LogP contribution in [0.15, 0.2) is 83.3 Å². The Kier molecular flexibility index (Phi) is 4.33. The summed E-state index contributed by atoms with van der Waals surface area (Å²) in [6, 6.07) is 25.7. The molecule has 0 aliphatic carbocycles. The van der Waals surface area contributed by atoms with Crippen LogP contribution in [-0.2, 0) is 22.6 Å². The Hall–Kier alpha value is -3.86. The number of carbonyl (C=O) groups is 1. The van der Waals surface area contributed by atoms with Crippen LogP contribution >= 0.6 is 0 Å². The molecule has 0 saturated heterocycles. The first-order valence-electron chi connectivity index (χ1n) is 9.42. The van der Waals surface area contributed by atoms with Gasteiger partial charge < -0.3 is 9.15 Å². The zero-order valence-electron chi connectivity index (χ0n) is 15.6. The number of ether oxygens (including phenoxy) is 1. The van der Waals surface area contributed by atoms with Crippen molar-refractivity contribution in [1.82, 2.24) is 10.2 Å². The van der Waals surface area contributed by atoms with Crippen molar-refractivity contribution in [2.24, 2.45) is 0 Å². The molecule has 0 aliphatic heterocycles. The molecule has 0 amide bonds. The van der Waals surface area contributed by atoms with Crippen LogP contribution in [0.2, 0.25) is 0 Å². The molecule has 5 rings (SSSR count). The number of aromatic amines is 1. The number of nitrogens with one attached hydrogen (secondary N) is 1. The molecule has 1 N–H and O–H groups in total. The number of furan rings is 1. The second-order valence-electron chi connectivity index (χ2n) is 6.89. The van der Waals surface area contributed by atoms with Crippen molar-refractivity contribution in [3.8, 4) is 11.3 Å². The standard InChI is InChI=1S/C24H18N2O3/c27-24(28-15-18-12-22(26-25-18)17-7-2-1-3-8-17)14-19-13-21-20-9-5-4-6-16(20)10-11-23(21)29-19/h1-13H,14-15H2,(H,25,26). The zero-order valence-corrected chi connectivity index (χ0v) is 15.6. The third-order valence-corrected chi connectivity index (χ3v) is 4.88. The fourth-order valence-electron chi connectivity index (χ4n) is 3.48. The summed E-state index contributed by atoms with van der Waals surface area (Å²) in [6.07, 6.45) is 0.0860. The van der Waals surface area contributed by atoms with Crippen molar-refractivity contribution >= 4 is 27.7 Å². The van der Waals surface area contributed by atoms with Crippen LogP contribution in [-0.4, -0.2) is 16.2 Å². The summed E-state index contributed by atoms with van der Waals surface area (Å²) in [6.45, 7) is 0.141. The molecule has 0 aliphatic rings. The fourth-order valence-corrected chi connectivity index (χ4v) is 3.48. The molecular weight excluding hydrogens is 364 g/mol. The Bertz CT molecular complexity index is 1300. The molecule has 29 heavy (non-hydrogen) atoms. The molecule has 5 nitrogen and oxygen atoms in total. The van der Waals surface area contributed by atoms with E-state index in [2.05, 4.69) is 22.3 Å². The summed E-state index contributed by atoms with van der Waals surface area (Å²) in [5.41, 5.74) is 3.34. The summed E-state index contributed by atoms with van der Waals surface area (Å²) in [5, 5.41) is 10.4. The maximum Gasteiger partial charge on any atom is 0.313 e. The number of fused-ring (bicyclic) bond motifs is 3. The summed E-state index contributed by atoms with van der Waals surface area (Å²) in [4.78, 5) is 12.3. The molecule has 142 valence electrons. The van der Waals surface area contributed by atoms with Crippen molar-refractivity contribution < 1.29 is 13.9 Å². The van der Waals surface area contributed by atoms with Gasteiger partial charge in [-0.3, -0.25) is 9.89 Å². The van der Waals surface area contributed by atoms with E-state index in [1.54, 1.807) is 0 Å². The molecule has 2 aromatic heterocycles. The summed E-state index contributed by atoms with van der Waals surface area (Å²) >= 11 is 0. The lowest BCUT2D eigenvalue weighted by Crippen LogP contribution is -2.07. The van der Waals surface area contributed by atoms with Gasteiger partial charge in [0.25, 0.3) is 0 Å². The van der Waals surface area contributed by atoms with Gasteiger partial charge in [-0.15, -0.1) is 0 Å². The van der Waals surface area contributed by atoms with Gasteiger partial charge in [-0.25, -0.2) is 0 Å². The van der Waals surface area contributed by atoms with Crippen LogP contribution < -0.4 is 0 Å². The number of H-pyrrole nitrogens is 1. The van der Waals surface area contributed by atoms with Crippen molar-refractivity contribution in [2.75, 3.05) is 0 Å². The number of nitrogens with zero attached hydrogens (tertiary/aromatic N) is 1. The van der Waals surface area contributed by atoms with E-state index in [0.29, 0.717) is 5.76 Å². The van der Waals surface area contributed by atoms with Gasteiger partial charge in [0, 0.05) is 10.9 Å². The van der Waals surface area contributed by atoms with E-state index in [1.165, 1.54) is 0 Å². The number of aromatic nitrogens is 2. The summed E-state index contributed by atoms with van der Waals surface area (Å²) in [7, 11) is 0. The third kappa shape index (κ3) is 3.50. The summed E-state index contributed by atoms with van der Waals surface area (Å²) in [5.74, 6) is 0.250. The van der Waals surface area contributed by atoms with Gasteiger partial charge in [-0.1, -0.05) is 60.7 Å². The van der Waals surface area contributed by atoms with E-state index >= 15 is 0 Å². The quantitative estimate of drug-likeness (QED) is 0.421. The first-order chi connectivity index (χ1) is 14.3. The number of hydrogen-bond acceptors (Lipinski definition) is 4. The Balaban J connectivity index is 1.26. The van der Waals surface area contributed by atoms with Crippen molar-refractivity contribution in [2.45, 2.75) is 13.0 Å². The molecule has 0 radical (unpaired) electrons. The maximum absolute atomic E-state index is 12.3. The van der Waals surface area contributed by atoms with Crippen LogP contribution in [0.5, 0.6) is 0 Å². The van der Waals surface area contributed by atoms with E-state index in [9.17, 15) is 4.79 Å². The lowest BCUT2D eigenvalue weighted by Gasteiger charge is -2.01. The number of carbonyl (C=O) groups excluding carboxylic acids is 1. The van der Waals surface area contributed by atoms with E-state index < -0.39 is 0 Å². The highest BCUT2D eigenvalue weighted by atomic mass is 16.5. The lowest BCUT2D eigenvalue weighted by molar-refractivity contribution is -0.144. The predicted octanol–water partition coefficient (Wildman–Crippen LogP) is 5.26. The fraction of sp³-hybridized carbons (Fsp3) is 0.0833. The largest absolute Gasteiger partial charge is 0.460 e. The molecule has 0 bridgehead atoms. The number of hydrogen-bond donors (Lipinski definition) is 1. The number of rotatable bonds is 5. The van der Waals surface area contributed by atoms with E-state index in [4.69, 9.17) is 9.15 Å². The van der Waals surface area contributed by atoms with Gasteiger partial charge in [-0.2, -0.15) is 5.10 Å². The first kappa shape index (κ1) is 17.3. The van der Waals surface area contributed by atoms with Gasteiger partial charge >= 0.3 is 5.97 Å². The van der Waals surface area contributed by atoms with E-state index in [1.807, 2.05) is 66.7 Å². The summed E-state index contributed by atoms with van der Waals surface area (Å²) < 4.78 is 11.2. The average molecular weight is 382 g/mol. The van der Waals surface area contributed by atoms with Crippen molar-refractivity contribution in [3.63, 3.8) is 0 Å². The predicted molar refractivity (Wildman–Crippen MR) is 111 cm³/mol. The molecule has 0 fully saturated rings. The van der Waals surface area contributed by atoms with Crippen molar-refractivity contribution in [1.29, 1.82) is 0 Å². The lowest BCUT2D eigenvalue weighted by atomic mass is 10.1. The van der Waals surface area contributed by atoms with Crippen LogP contribution in [0.3, 0.4) is 0 Å². The molecule has 0 unspecified atom stereocenters. The van der Waals surface area contributed by atoms with Crippen LogP contribution in [0.4, 0.5) is 0 Å². The molecule has 0 saturated carbocycles. The van der Waals surface area contributed by atoms with Gasteiger partial charge in [0.15, 0.2) is 0 Å². The van der Waals surface area contributed by atoms with E-state index in [-0.39, 0.29) is 19.0 Å². The van der Waals surface area contributed by atoms with Gasteiger partial charge in [-0.05, 0) is 29.0 Å². The Labute approximate surface area is 166 Å². The van der Waals surface area contributed by atoms with Crippen molar-refractivity contribution in [3.05, 3.63) is 90.3 Å². The topological polar surface area (TPSA) is 68.1 Å². The minimum absolute atomic E-state index is 0.0860. The highest BCUT2D eigenvalue weighted by Crippen LogP contribution is 2.28. The Morgan fingerprint density at radius 2 is 1.76 bits per heavy atom. The second-order valence-corrected chi connectivity index (χ2v) is 6.89. The van der Waals surface area contributed by atoms with Gasteiger partial charge in [0.05, 0.1) is 11.4 Å². The van der Waals surface area contributed by atoms with Gasteiger partial charge in [0.1, 0.15) is 24.4 Å². The molecule has 5 aromatic rings. The minimum Gasteiger partial charge on any atom is -0.460 e. The Morgan fingerprint density at radius 1 is 0.931 bits per heavy atom. The normalized spacial score (nSPS) is 11.2.